The van der Waals surface area contributed by atoms with Gasteiger partial charge in [-0.15, -0.1) is 10.2 Å². The average molecular weight is 464 g/mol. The Kier molecular flexibility index (Phi) is 6.60. The summed E-state index contributed by atoms with van der Waals surface area (Å²) in [6, 6.07) is 14.8. The molecule has 170 valence electrons. The molecular formula is C24H25N5O3S. The van der Waals surface area contributed by atoms with Gasteiger partial charge < -0.3 is 10.2 Å². The third kappa shape index (κ3) is 4.83. The van der Waals surface area contributed by atoms with Crippen LogP contribution >= 0.6 is 11.8 Å². The van der Waals surface area contributed by atoms with Gasteiger partial charge in [-0.1, -0.05) is 62.0 Å². The Labute approximate surface area is 195 Å². The number of amides is 2. The second kappa shape index (κ2) is 9.58. The van der Waals surface area contributed by atoms with E-state index < -0.39 is 10.8 Å². The van der Waals surface area contributed by atoms with E-state index in [2.05, 4.69) is 20.5 Å². The highest BCUT2D eigenvalue weighted by Gasteiger charge is 2.29. The monoisotopic (exact) mass is 463 g/mol. The second-order valence-corrected chi connectivity index (χ2v) is 9.46. The molecule has 8 nitrogen and oxygen atoms in total. The van der Waals surface area contributed by atoms with E-state index in [0.717, 1.165) is 29.4 Å². The van der Waals surface area contributed by atoms with Crippen LogP contribution in [0.4, 0.5) is 11.4 Å². The minimum Gasteiger partial charge on any atom is -0.325 e. The number of carbonyl (C=O) groups is 2. The summed E-state index contributed by atoms with van der Waals surface area (Å²) in [6.07, 6.45) is 0.831. The second-order valence-electron chi connectivity index (χ2n) is 8.13. The van der Waals surface area contributed by atoms with Gasteiger partial charge in [0.05, 0.1) is 10.9 Å². The van der Waals surface area contributed by atoms with Crippen molar-refractivity contribution in [3.63, 3.8) is 0 Å². The fourth-order valence-corrected chi connectivity index (χ4v) is 4.43. The number of benzene rings is 2. The summed E-state index contributed by atoms with van der Waals surface area (Å²) in [7, 11) is 0. The third-order valence-electron chi connectivity index (χ3n) is 5.43. The quantitative estimate of drug-likeness (QED) is 0.542. The summed E-state index contributed by atoms with van der Waals surface area (Å²) in [5, 5.41) is 10.9. The third-order valence-corrected chi connectivity index (χ3v) is 6.39. The zero-order valence-electron chi connectivity index (χ0n) is 18.7. The molecule has 0 radical (unpaired) electrons. The summed E-state index contributed by atoms with van der Waals surface area (Å²) in [4.78, 5) is 42.5. The number of aromatic amines is 1. The predicted octanol–water partition coefficient (Wildman–Crippen LogP) is 3.50. The number of fused-ring (bicyclic) bond motifs is 1. The highest BCUT2D eigenvalue weighted by Crippen LogP contribution is 2.31. The molecule has 3 aromatic rings. The molecule has 2 amide bonds. The van der Waals surface area contributed by atoms with Gasteiger partial charge >= 0.3 is 0 Å². The van der Waals surface area contributed by atoms with E-state index in [1.807, 2.05) is 24.3 Å². The van der Waals surface area contributed by atoms with Crippen LogP contribution in [0.2, 0.25) is 0 Å². The van der Waals surface area contributed by atoms with E-state index in [-0.39, 0.29) is 28.6 Å². The minimum absolute atomic E-state index is 0.0431. The summed E-state index contributed by atoms with van der Waals surface area (Å²) in [6.45, 7) is 6.02. The Hall–Kier alpha value is -3.46. The van der Waals surface area contributed by atoms with Crippen molar-refractivity contribution in [2.45, 2.75) is 37.6 Å². The van der Waals surface area contributed by atoms with Gasteiger partial charge in [-0.2, -0.15) is 0 Å². The van der Waals surface area contributed by atoms with Crippen LogP contribution in [0.15, 0.2) is 58.5 Å². The highest BCUT2D eigenvalue weighted by molar-refractivity contribution is 8.00. The predicted molar refractivity (Wildman–Crippen MR) is 129 cm³/mol. The number of carbonyl (C=O) groups excluding carboxylic acids is 2. The smallest absolute Gasteiger partial charge is 0.278 e. The van der Waals surface area contributed by atoms with E-state index in [1.54, 1.807) is 49.9 Å². The van der Waals surface area contributed by atoms with Crippen molar-refractivity contribution in [1.29, 1.82) is 0 Å². The number of nitrogens with one attached hydrogen (secondary N) is 2. The molecule has 1 aromatic heterocycles. The van der Waals surface area contributed by atoms with Crippen LogP contribution in [0.3, 0.4) is 0 Å². The molecule has 2 N–H and O–H groups in total. The largest absolute Gasteiger partial charge is 0.325 e. The van der Waals surface area contributed by atoms with Crippen molar-refractivity contribution in [2.24, 2.45) is 5.92 Å². The normalized spacial score (nSPS) is 13.6. The first-order valence-corrected chi connectivity index (χ1v) is 11.7. The van der Waals surface area contributed by atoms with Crippen molar-refractivity contribution >= 4 is 35.0 Å². The number of aromatic nitrogens is 3. The molecule has 1 aliphatic rings. The molecule has 0 spiro atoms. The molecule has 0 saturated heterocycles. The topological polar surface area (TPSA) is 108 Å². The van der Waals surface area contributed by atoms with Crippen LogP contribution in [0.5, 0.6) is 0 Å². The van der Waals surface area contributed by atoms with Crippen LogP contribution in [0.25, 0.3) is 11.3 Å². The maximum atomic E-state index is 13.0. The molecule has 2 aromatic carbocycles. The molecule has 0 bridgehead atoms. The Morgan fingerprint density at radius 2 is 1.79 bits per heavy atom. The number of hydrogen-bond acceptors (Lipinski definition) is 6. The van der Waals surface area contributed by atoms with Crippen LogP contribution in [0, 0.1) is 5.92 Å². The first-order valence-electron chi connectivity index (χ1n) is 10.8. The van der Waals surface area contributed by atoms with E-state index in [9.17, 15) is 14.4 Å². The number of hydrogen-bond donors (Lipinski definition) is 2. The first kappa shape index (κ1) is 22.7. The highest BCUT2D eigenvalue weighted by atomic mass is 32.2. The van der Waals surface area contributed by atoms with E-state index in [0.29, 0.717) is 17.8 Å². The molecule has 33 heavy (non-hydrogen) atoms. The number of H-pyrrole nitrogens is 1. The molecular weight excluding hydrogens is 438 g/mol. The number of nitrogens with zero attached hydrogens (tertiary/aromatic N) is 3. The van der Waals surface area contributed by atoms with E-state index >= 15 is 0 Å². The number of rotatable bonds is 6. The van der Waals surface area contributed by atoms with Crippen LogP contribution < -0.4 is 15.8 Å². The van der Waals surface area contributed by atoms with E-state index in [4.69, 9.17) is 0 Å². The zero-order chi connectivity index (χ0) is 23.5. The molecule has 0 unspecified atom stereocenters. The molecule has 0 saturated carbocycles. The van der Waals surface area contributed by atoms with Crippen LogP contribution in [0.1, 0.15) is 26.3 Å². The Bertz CT molecular complexity index is 1260. The standard InChI is InChI=1S/C24H25N5O3S/c1-14(2)21(30)25-18-10-6-5-9-17(18)20-22(31)26-24(28-27-20)33-15(3)23(32)29-13-12-16-8-4-7-11-19(16)29/h4-11,14-15H,12-13H2,1-3H3,(H,25,30)(H,26,28,31)/t15-/m1/s1. The molecule has 4 rings (SSSR count). The van der Waals surface area contributed by atoms with Gasteiger partial charge in [-0.3, -0.25) is 19.4 Å². The molecule has 0 aliphatic carbocycles. The van der Waals surface area contributed by atoms with Gasteiger partial charge in [-0.05, 0) is 31.0 Å². The Balaban J connectivity index is 1.52. The molecule has 0 fully saturated rings. The number of para-hydroxylation sites is 2. The van der Waals surface area contributed by atoms with Gasteiger partial charge in [0.1, 0.15) is 0 Å². The van der Waals surface area contributed by atoms with Crippen molar-refractivity contribution in [2.75, 3.05) is 16.8 Å². The lowest BCUT2D eigenvalue weighted by atomic mass is 10.1. The van der Waals surface area contributed by atoms with Gasteiger partial charge in [0.25, 0.3) is 5.56 Å². The first-order chi connectivity index (χ1) is 15.8. The van der Waals surface area contributed by atoms with Crippen molar-refractivity contribution in [3.8, 4) is 11.3 Å². The van der Waals surface area contributed by atoms with Crippen molar-refractivity contribution in [1.82, 2.24) is 15.2 Å². The van der Waals surface area contributed by atoms with Crippen LogP contribution in [-0.4, -0.2) is 38.8 Å². The lowest BCUT2D eigenvalue weighted by Gasteiger charge is -2.21. The van der Waals surface area contributed by atoms with Gasteiger partial charge in [0, 0.05) is 23.7 Å². The minimum atomic E-state index is -0.454. The Morgan fingerprint density at radius 1 is 1.06 bits per heavy atom. The lowest BCUT2D eigenvalue weighted by molar-refractivity contribution is -0.119. The summed E-state index contributed by atoms with van der Waals surface area (Å²) >= 11 is 1.16. The lowest BCUT2D eigenvalue weighted by Crippen LogP contribution is -2.35. The maximum Gasteiger partial charge on any atom is 0.278 e. The van der Waals surface area contributed by atoms with E-state index in [1.165, 1.54) is 0 Å². The molecule has 1 aliphatic heterocycles. The van der Waals surface area contributed by atoms with Gasteiger partial charge in [0.2, 0.25) is 11.8 Å². The van der Waals surface area contributed by atoms with Crippen molar-refractivity contribution < 1.29 is 9.59 Å². The number of anilines is 2. The summed E-state index contributed by atoms with van der Waals surface area (Å²) in [5.74, 6) is -0.406. The number of thioether (sulfide) groups is 1. The zero-order valence-corrected chi connectivity index (χ0v) is 19.5. The summed E-state index contributed by atoms with van der Waals surface area (Å²) in [5.41, 5.74) is 2.73. The fourth-order valence-electron chi connectivity index (χ4n) is 3.63. The summed E-state index contributed by atoms with van der Waals surface area (Å²) < 4.78 is 0. The molecule has 2 heterocycles. The molecule has 9 heteroatoms. The Morgan fingerprint density at radius 3 is 2.55 bits per heavy atom. The SMILES string of the molecule is CC(C)C(=O)Nc1ccccc1-c1nnc(S[C@H](C)C(=O)N2CCc3ccccc32)[nH]c1=O. The van der Waals surface area contributed by atoms with Gasteiger partial charge in [-0.25, -0.2) is 0 Å². The van der Waals surface area contributed by atoms with Gasteiger partial charge in [0.15, 0.2) is 10.9 Å². The molecule has 1 atom stereocenters. The average Bonchev–Trinajstić information content (AvgIpc) is 3.23. The van der Waals surface area contributed by atoms with Crippen LogP contribution in [-0.2, 0) is 16.0 Å². The fraction of sp³-hybridized carbons (Fsp3) is 0.292. The maximum absolute atomic E-state index is 13.0. The van der Waals surface area contributed by atoms with Crippen molar-refractivity contribution in [3.05, 3.63) is 64.4 Å².